The Hall–Kier alpha value is -1.85. The number of esters is 1. The van der Waals surface area contributed by atoms with E-state index in [2.05, 4.69) is 21.2 Å². The molecule has 4 nitrogen and oxygen atoms in total. The lowest BCUT2D eigenvalue weighted by Crippen LogP contribution is -2.14. The van der Waals surface area contributed by atoms with Crippen LogP contribution in [0.15, 0.2) is 40.9 Å². The summed E-state index contributed by atoms with van der Waals surface area (Å²) in [6.07, 6.45) is 0. The van der Waals surface area contributed by atoms with E-state index in [-0.39, 0.29) is 5.91 Å². The van der Waals surface area contributed by atoms with Gasteiger partial charge in [0.15, 0.2) is 0 Å². The molecule has 0 spiro atoms. The zero-order valence-electron chi connectivity index (χ0n) is 12.7. The maximum absolute atomic E-state index is 12.4. The Bertz CT molecular complexity index is 761. The Kier molecular flexibility index (Phi) is 5.80. The number of nitrogens with one attached hydrogen (secondary N) is 1. The van der Waals surface area contributed by atoms with E-state index in [0.717, 1.165) is 10.0 Å². The van der Waals surface area contributed by atoms with Crippen molar-refractivity contribution in [3.63, 3.8) is 0 Å². The van der Waals surface area contributed by atoms with Gasteiger partial charge in [-0.15, -0.1) is 0 Å². The van der Waals surface area contributed by atoms with E-state index in [4.69, 9.17) is 16.3 Å². The first kappa shape index (κ1) is 17.5. The summed E-state index contributed by atoms with van der Waals surface area (Å²) in [6.45, 7) is 3.87. The molecule has 120 valence electrons. The zero-order valence-corrected chi connectivity index (χ0v) is 15.0. The molecule has 0 fully saturated rings. The summed E-state index contributed by atoms with van der Waals surface area (Å²) in [4.78, 5) is 24.2. The van der Waals surface area contributed by atoms with Gasteiger partial charge in [0.05, 0.1) is 22.8 Å². The van der Waals surface area contributed by atoms with Crippen LogP contribution >= 0.6 is 27.5 Å². The summed E-state index contributed by atoms with van der Waals surface area (Å²) in [5.74, 6) is -0.774. The number of ether oxygens (including phenoxy) is 1. The van der Waals surface area contributed by atoms with Gasteiger partial charge in [-0.2, -0.15) is 0 Å². The number of carbonyl (C=O) groups excluding carboxylic acids is 2. The molecule has 0 aliphatic heterocycles. The van der Waals surface area contributed by atoms with Crippen LogP contribution in [0.2, 0.25) is 5.02 Å². The second-order valence-corrected chi connectivity index (χ2v) is 6.15. The molecule has 0 saturated carbocycles. The van der Waals surface area contributed by atoms with Crippen molar-refractivity contribution in [1.82, 2.24) is 0 Å². The van der Waals surface area contributed by atoms with Crippen LogP contribution < -0.4 is 5.32 Å². The van der Waals surface area contributed by atoms with Gasteiger partial charge in [-0.05, 0) is 49.7 Å². The minimum absolute atomic E-state index is 0.294. The van der Waals surface area contributed by atoms with Gasteiger partial charge in [-0.1, -0.05) is 33.6 Å². The van der Waals surface area contributed by atoms with Crippen LogP contribution in [-0.2, 0) is 4.74 Å². The highest BCUT2D eigenvalue weighted by Gasteiger charge is 2.14. The van der Waals surface area contributed by atoms with Gasteiger partial charge >= 0.3 is 5.97 Å². The topological polar surface area (TPSA) is 55.4 Å². The van der Waals surface area contributed by atoms with Crippen molar-refractivity contribution in [3.8, 4) is 0 Å². The van der Waals surface area contributed by atoms with E-state index >= 15 is 0 Å². The summed E-state index contributed by atoms with van der Waals surface area (Å²) in [7, 11) is 0. The van der Waals surface area contributed by atoms with Gasteiger partial charge in [0.25, 0.3) is 5.91 Å². The molecule has 0 bridgehead atoms. The number of hydrogen-bond donors (Lipinski definition) is 1. The summed E-state index contributed by atoms with van der Waals surface area (Å²) >= 11 is 9.38. The number of rotatable bonds is 4. The van der Waals surface area contributed by atoms with Crippen LogP contribution in [0.1, 0.15) is 33.2 Å². The van der Waals surface area contributed by atoms with Gasteiger partial charge in [-0.25, -0.2) is 4.79 Å². The highest BCUT2D eigenvalue weighted by atomic mass is 79.9. The van der Waals surface area contributed by atoms with Crippen LogP contribution in [0, 0.1) is 6.92 Å². The molecular formula is C17H15BrClNO3. The van der Waals surface area contributed by atoms with E-state index in [9.17, 15) is 9.59 Å². The molecule has 2 rings (SSSR count). The van der Waals surface area contributed by atoms with Crippen LogP contribution in [0.3, 0.4) is 0 Å². The maximum Gasteiger partial charge on any atom is 0.338 e. The van der Waals surface area contributed by atoms with E-state index < -0.39 is 5.97 Å². The second-order valence-electron chi connectivity index (χ2n) is 4.83. The monoisotopic (exact) mass is 395 g/mol. The van der Waals surface area contributed by atoms with E-state index in [1.165, 1.54) is 0 Å². The van der Waals surface area contributed by atoms with Crippen molar-refractivity contribution >= 4 is 45.1 Å². The molecule has 2 aromatic rings. The molecule has 0 aliphatic carbocycles. The van der Waals surface area contributed by atoms with Crippen molar-refractivity contribution < 1.29 is 14.3 Å². The average molecular weight is 397 g/mol. The van der Waals surface area contributed by atoms with Crippen molar-refractivity contribution in [3.05, 3.63) is 62.6 Å². The maximum atomic E-state index is 12.4. The van der Waals surface area contributed by atoms with Gasteiger partial charge in [0.2, 0.25) is 0 Å². The number of halogens is 2. The molecule has 2 aromatic carbocycles. The Morgan fingerprint density at radius 1 is 1.22 bits per heavy atom. The normalized spacial score (nSPS) is 10.3. The molecule has 6 heteroatoms. The third kappa shape index (κ3) is 4.33. The Morgan fingerprint density at radius 2 is 1.96 bits per heavy atom. The lowest BCUT2D eigenvalue weighted by atomic mass is 10.1. The summed E-state index contributed by atoms with van der Waals surface area (Å²) in [6, 6.07) is 10.0. The fraction of sp³-hybridized carbons (Fsp3) is 0.176. The molecule has 0 aromatic heterocycles. The molecule has 0 heterocycles. The molecule has 0 radical (unpaired) electrons. The molecule has 1 N–H and O–H groups in total. The van der Waals surface area contributed by atoms with Gasteiger partial charge < -0.3 is 10.1 Å². The molecule has 0 atom stereocenters. The number of aryl methyl sites for hydroxylation is 1. The predicted octanol–water partition coefficient (Wildman–Crippen LogP) is 4.84. The minimum Gasteiger partial charge on any atom is -0.462 e. The van der Waals surface area contributed by atoms with Crippen molar-refractivity contribution in [2.24, 2.45) is 0 Å². The summed E-state index contributed by atoms with van der Waals surface area (Å²) < 4.78 is 5.72. The summed E-state index contributed by atoms with van der Waals surface area (Å²) in [5, 5.41) is 3.13. The Morgan fingerprint density at radius 3 is 2.65 bits per heavy atom. The van der Waals surface area contributed by atoms with Crippen LogP contribution in [-0.4, -0.2) is 18.5 Å². The number of carbonyl (C=O) groups is 2. The quantitative estimate of drug-likeness (QED) is 0.752. The van der Waals surface area contributed by atoms with Crippen molar-refractivity contribution in [2.45, 2.75) is 13.8 Å². The Balaban J connectivity index is 2.28. The summed E-state index contributed by atoms with van der Waals surface area (Å²) in [5.41, 5.74) is 2.10. The first-order valence-corrected chi connectivity index (χ1v) is 8.13. The highest BCUT2D eigenvalue weighted by molar-refractivity contribution is 9.10. The molecule has 0 saturated heterocycles. The number of anilines is 1. The van der Waals surface area contributed by atoms with Crippen molar-refractivity contribution in [2.75, 3.05) is 11.9 Å². The fourth-order valence-electron chi connectivity index (χ4n) is 1.96. The van der Waals surface area contributed by atoms with Crippen LogP contribution in [0.4, 0.5) is 5.69 Å². The third-order valence-electron chi connectivity index (χ3n) is 3.17. The number of benzene rings is 2. The molecule has 23 heavy (non-hydrogen) atoms. The zero-order chi connectivity index (χ0) is 17.0. The lowest BCUT2D eigenvalue weighted by molar-refractivity contribution is 0.0526. The first-order chi connectivity index (χ1) is 10.9. The first-order valence-electron chi connectivity index (χ1n) is 6.96. The number of amides is 1. The van der Waals surface area contributed by atoms with E-state index in [1.807, 2.05) is 6.92 Å². The third-order valence-corrected chi connectivity index (χ3v) is 3.99. The van der Waals surface area contributed by atoms with Gasteiger partial charge in [-0.3, -0.25) is 4.79 Å². The van der Waals surface area contributed by atoms with E-state index in [0.29, 0.717) is 28.4 Å². The van der Waals surface area contributed by atoms with Crippen LogP contribution in [0.5, 0.6) is 0 Å². The predicted molar refractivity (Wildman–Crippen MR) is 94.2 cm³/mol. The number of hydrogen-bond acceptors (Lipinski definition) is 3. The van der Waals surface area contributed by atoms with E-state index in [1.54, 1.807) is 43.3 Å². The van der Waals surface area contributed by atoms with Gasteiger partial charge in [0, 0.05) is 10.2 Å². The standard InChI is InChI=1S/C17H15BrClNO3/c1-3-23-17(22)11-5-4-10(2)15(8-11)20-16(21)13-9-12(18)6-7-14(13)19/h4-9H,3H2,1-2H3,(H,20,21). The molecule has 0 unspecified atom stereocenters. The largest absolute Gasteiger partial charge is 0.462 e. The molecule has 0 aliphatic rings. The average Bonchev–Trinajstić information content (AvgIpc) is 2.52. The van der Waals surface area contributed by atoms with Crippen LogP contribution in [0.25, 0.3) is 0 Å². The molecule has 1 amide bonds. The SMILES string of the molecule is CCOC(=O)c1ccc(C)c(NC(=O)c2cc(Br)ccc2Cl)c1. The second kappa shape index (κ2) is 7.62. The molecular weight excluding hydrogens is 382 g/mol. The highest BCUT2D eigenvalue weighted by Crippen LogP contribution is 2.24. The minimum atomic E-state index is -0.427. The van der Waals surface area contributed by atoms with Crippen molar-refractivity contribution in [1.29, 1.82) is 0 Å². The lowest BCUT2D eigenvalue weighted by Gasteiger charge is -2.11. The fourth-order valence-corrected chi connectivity index (χ4v) is 2.52. The Labute approximate surface area is 147 Å². The smallest absolute Gasteiger partial charge is 0.338 e. The van der Waals surface area contributed by atoms with Gasteiger partial charge in [0.1, 0.15) is 0 Å².